The molecule has 1 heteroatoms. The zero-order valence-corrected chi connectivity index (χ0v) is 13.2. The summed E-state index contributed by atoms with van der Waals surface area (Å²) < 4.78 is 0. The lowest BCUT2D eigenvalue weighted by Gasteiger charge is -2.21. The number of hydrogen-bond donors (Lipinski definition) is 0. The summed E-state index contributed by atoms with van der Waals surface area (Å²) in [5, 5.41) is 9.14. The third-order valence-corrected chi connectivity index (χ3v) is 4.88. The Bertz CT molecular complexity index is 235. The molecule has 0 unspecified atom stereocenters. The maximum Gasteiger partial charge on any atom is 0.0655 e. The zero-order chi connectivity index (χ0) is 13.9. The van der Waals surface area contributed by atoms with E-state index in [1.807, 2.05) is 0 Å². The molecule has 0 saturated heterocycles. The van der Waals surface area contributed by atoms with Crippen LogP contribution in [0, 0.1) is 29.1 Å². The van der Waals surface area contributed by atoms with E-state index >= 15 is 0 Å². The van der Waals surface area contributed by atoms with Crippen molar-refractivity contribution in [3.8, 4) is 6.07 Å². The number of rotatable bonds is 1. The first kappa shape index (κ1) is 16.5. The van der Waals surface area contributed by atoms with Gasteiger partial charge < -0.3 is 0 Å². The Morgan fingerprint density at radius 1 is 0.737 bits per heavy atom. The third-order valence-electron chi connectivity index (χ3n) is 4.88. The molecule has 0 N–H and O–H groups in total. The summed E-state index contributed by atoms with van der Waals surface area (Å²) in [6.07, 6.45) is 15.9. The van der Waals surface area contributed by atoms with Crippen LogP contribution in [0.3, 0.4) is 0 Å². The van der Waals surface area contributed by atoms with Gasteiger partial charge in [0, 0.05) is 5.92 Å². The minimum Gasteiger partial charge on any atom is -0.198 e. The van der Waals surface area contributed by atoms with Crippen molar-refractivity contribution in [2.45, 2.75) is 90.9 Å². The summed E-state index contributed by atoms with van der Waals surface area (Å²) in [5.74, 6) is 2.15. The van der Waals surface area contributed by atoms with E-state index in [2.05, 4.69) is 19.9 Å². The highest BCUT2D eigenvalue weighted by Crippen LogP contribution is 2.26. The third kappa shape index (κ3) is 7.61. The SMILES string of the molecule is CC(C)C1CCCCCCC(C#N)CCCCCC1. The van der Waals surface area contributed by atoms with Gasteiger partial charge in [-0.3, -0.25) is 0 Å². The fraction of sp³-hybridized carbons (Fsp3) is 0.944. The Labute approximate surface area is 120 Å². The normalized spacial score (nSPS) is 28.5. The molecule has 1 nitrogen and oxygen atoms in total. The van der Waals surface area contributed by atoms with Gasteiger partial charge in [0.25, 0.3) is 0 Å². The van der Waals surface area contributed by atoms with Gasteiger partial charge in [0.1, 0.15) is 0 Å². The summed E-state index contributed by atoms with van der Waals surface area (Å²) in [4.78, 5) is 0. The van der Waals surface area contributed by atoms with Crippen LogP contribution in [0.25, 0.3) is 0 Å². The van der Waals surface area contributed by atoms with E-state index < -0.39 is 0 Å². The fourth-order valence-corrected chi connectivity index (χ4v) is 3.39. The standard InChI is InChI=1S/C18H33N/c1-16(2)18-13-9-5-3-7-11-17(15-19)12-8-4-6-10-14-18/h16-18H,3-14H2,1-2H3. The maximum absolute atomic E-state index is 9.14. The second-order valence-electron chi connectivity index (χ2n) is 6.81. The highest BCUT2D eigenvalue weighted by Gasteiger charge is 2.13. The van der Waals surface area contributed by atoms with Gasteiger partial charge in [-0.15, -0.1) is 0 Å². The molecule has 0 aromatic rings. The number of nitriles is 1. The largest absolute Gasteiger partial charge is 0.198 e. The Hall–Kier alpha value is -0.510. The van der Waals surface area contributed by atoms with Crippen molar-refractivity contribution in [1.29, 1.82) is 5.26 Å². The first-order chi connectivity index (χ1) is 9.24. The van der Waals surface area contributed by atoms with Crippen LogP contribution in [0.5, 0.6) is 0 Å². The molecule has 1 saturated carbocycles. The zero-order valence-electron chi connectivity index (χ0n) is 13.2. The second kappa shape index (κ2) is 10.3. The van der Waals surface area contributed by atoms with Crippen LogP contribution in [-0.4, -0.2) is 0 Å². The molecule has 0 radical (unpaired) electrons. The van der Waals surface area contributed by atoms with Gasteiger partial charge in [-0.05, 0) is 24.7 Å². The summed E-state index contributed by atoms with van der Waals surface area (Å²) in [6, 6.07) is 2.51. The predicted octanol–water partition coefficient (Wildman–Crippen LogP) is 6.09. The monoisotopic (exact) mass is 263 g/mol. The Kier molecular flexibility index (Phi) is 8.97. The van der Waals surface area contributed by atoms with E-state index in [0.29, 0.717) is 5.92 Å². The molecule has 0 bridgehead atoms. The number of hydrogen-bond acceptors (Lipinski definition) is 1. The molecule has 1 rings (SSSR count). The van der Waals surface area contributed by atoms with Crippen LogP contribution in [-0.2, 0) is 0 Å². The Morgan fingerprint density at radius 3 is 1.53 bits per heavy atom. The minimum atomic E-state index is 0.339. The van der Waals surface area contributed by atoms with E-state index in [0.717, 1.165) is 24.7 Å². The minimum absolute atomic E-state index is 0.339. The molecule has 0 spiro atoms. The summed E-state index contributed by atoms with van der Waals surface area (Å²) in [5.41, 5.74) is 0. The highest BCUT2D eigenvalue weighted by molar-refractivity contribution is 4.82. The molecule has 0 atom stereocenters. The van der Waals surface area contributed by atoms with Crippen LogP contribution in [0.15, 0.2) is 0 Å². The Balaban J connectivity index is 2.35. The van der Waals surface area contributed by atoms with Crippen LogP contribution < -0.4 is 0 Å². The van der Waals surface area contributed by atoms with Crippen LogP contribution >= 0.6 is 0 Å². The summed E-state index contributed by atoms with van der Waals surface area (Å²) in [7, 11) is 0. The molecule has 0 aromatic carbocycles. The quantitative estimate of drug-likeness (QED) is 0.561. The average molecular weight is 263 g/mol. The first-order valence-corrected chi connectivity index (χ1v) is 8.63. The van der Waals surface area contributed by atoms with Gasteiger partial charge in [0.2, 0.25) is 0 Å². The number of nitrogens with zero attached hydrogens (tertiary/aromatic N) is 1. The fourth-order valence-electron chi connectivity index (χ4n) is 3.39. The maximum atomic E-state index is 9.14. The lowest BCUT2D eigenvalue weighted by atomic mass is 9.85. The van der Waals surface area contributed by atoms with Gasteiger partial charge in [-0.25, -0.2) is 0 Å². The van der Waals surface area contributed by atoms with Gasteiger partial charge in [-0.2, -0.15) is 5.26 Å². The van der Waals surface area contributed by atoms with Crippen molar-refractivity contribution in [2.75, 3.05) is 0 Å². The van der Waals surface area contributed by atoms with E-state index in [9.17, 15) is 0 Å². The van der Waals surface area contributed by atoms with Crippen molar-refractivity contribution < 1.29 is 0 Å². The van der Waals surface area contributed by atoms with Crippen LogP contribution in [0.2, 0.25) is 0 Å². The molecule has 1 aliphatic carbocycles. The lowest BCUT2D eigenvalue weighted by Crippen LogP contribution is -2.09. The highest BCUT2D eigenvalue weighted by atomic mass is 14.3. The van der Waals surface area contributed by atoms with Crippen molar-refractivity contribution in [2.24, 2.45) is 17.8 Å². The van der Waals surface area contributed by atoms with Gasteiger partial charge in [-0.1, -0.05) is 78.1 Å². The topological polar surface area (TPSA) is 23.8 Å². The van der Waals surface area contributed by atoms with Crippen LogP contribution in [0.1, 0.15) is 90.9 Å². The van der Waals surface area contributed by atoms with Crippen molar-refractivity contribution in [1.82, 2.24) is 0 Å². The lowest BCUT2D eigenvalue weighted by molar-refractivity contribution is 0.310. The molecule has 0 heterocycles. The van der Waals surface area contributed by atoms with Crippen molar-refractivity contribution in [3.63, 3.8) is 0 Å². The molecule has 0 aromatic heterocycles. The first-order valence-electron chi connectivity index (χ1n) is 8.63. The van der Waals surface area contributed by atoms with Crippen LogP contribution in [0.4, 0.5) is 0 Å². The molecule has 0 amide bonds. The summed E-state index contributed by atoms with van der Waals surface area (Å²) >= 11 is 0. The van der Waals surface area contributed by atoms with Gasteiger partial charge in [0.15, 0.2) is 0 Å². The predicted molar refractivity (Wildman–Crippen MR) is 82.8 cm³/mol. The molecule has 1 aliphatic rings. The molecule has 19 heavy (non-hydrogen) atoms. The molecule has 1 fully saturated rings. The molecule has 110 valence electrons. The summed E-state index contributed by atoms with van der Waals surface area (Å²) in [6.45, 7) is 4.79. The molecular formula is C18H33N. The van der Waals surface area contributed by atoms with Gasteiger partial charge in [0.05, 0.1) is 6.07 Å². The van der Waals surface area contributed by atoms with Crippen molar-refractivity contribution >= 4 is 0 Å². The Morgan fingerprint density at radius 2 is 1.16 bits per heavy atom. The second-order valence-corrected chi connectivity index (χ2v) is 6.81. The van der Waals surface area contributed by atoms with Gasteiger partial charge >= 0.3 is 0 Å². The average Bonchev–Trinajstić information content (AvgIpc) is 2.40. The van der Waals surface area contributed by atoms with E-state index in [4.69, 9.17) is 5.26 Å². The van der Waals surface area contributed by atoms with E-state index in [1.165, 1.54) is 64.2 Å². The smallest absolute Gasteiger partial charge is 0.0655 e. The molecule has 0 aliphatic heterocycles. The molecular weight excluding hydrogens is 230 g/mol. The van der Waals surface area contributed by atoms with Crippen molar-refractivity contribution in [3.05, 3.63) is 0 Å². The van der Waals surface area contributed by atoms with E-state index in [-0.39, 0.29) is 0 Å². The van der Waals surface area contributed by atoms with E-state index in [1.54, 1.807) is 0 Å².